The summed E-state index contributed by atoms with van der Waals surface area (Å²) in [4.78, 5) is 24.9. The highest BCUT2D eigenvalue weighted by atomic mass is 32.2. The van der Waals surface area contributed by atoms with Crippen molar-refractivity contribution < 1.29 is 14.3 Å². The second-order valence-corrected chi connectivity index (χ2v) is 6.44. The van der Waals surface area contributed by atoms with Crippen LogP contribution in [0.5, 0.6) is 0 Å². The summed E-state index contributed by atoms with van der Waals surface area (Å²) >= 11 is 1.44. The van der Waals surface area contributed by atoms with Crippen molar-refractivity contribution in [2.45, 2.75) is 48.4 Å². The summed E-state index contributed by atoms with van der Waals surface area (Å²) < 4.78 is 5.42. The Morgan fingerprint density at radius 1 is 1.30 bits per heavy atom. The van der Waals surface area contributed by atoms with Crippen molar-refractivity contribution >= 4 is 29.3 Å². The molecule has 1 fully saturated rings. The normalized spacial score (nSPS) is 22.2. The minimum Gasteiger partial charge on any atom is -0.462 e. The van der Waals surface area contributed by atoms with Gasteiger partial charge in [0, 0.05) is 4.90 Å². The lowest BCUT2D eigenvalue weighted by molar-refractivity contribution is -0.149. The van der Waals surface area contributed by atoms with Gasteiger partial charge in [0.25, 0.3) is 0 Å². The molecule has 0 aromatic heterocycles. The molecule has 1 aliphatic heterocycles. The maximum Gasteiger partial charge on any atom is 0.307 e. The molecule has 1 aromatic carbocycles. The number of anilines is 1. The molecule has 0 radical (unpaired) electrons. The van der Waals surface area contributed by atoms with Gasteiger partial charge < -0.3 is 10.1 Å². The van der Waals surface area contributed by atoms with E-state index in [1.165, 1.54) is 11.8 Å². The predicted octanol–water partition coefficient (Wildman–Crippen LogP) is 2.98. The molecular weight excluding hydrogens is 274 g/mol. The van der Waals surface area contributed by atoms with E-state index in [1.54, 1.807) is 0 Å². The summed E-state index contributed by atoms with van der Waals surface area (Å²) in [5, 5.41) is 2.45. The van der Waals surface area contributed by atoms with Gasteiger partial charge in [-0.05, 0) is 37.8 Å². The number of carbonyl (C=O) groups is 2. The molecule has 1 aromatic rings. The van der Waals surface area contributed by atoms with Gasteiger partial charge >= 0.3 is 5.97 Å². The number of hydrogen-bond donors (Lipinski definition) is 1. The van der Waals surface area contributed by atoms with Crippen LogP contribution in [0.25, 0.3) is 0 Å². The number of carbonyl (C=O) groups excluding carboxylic acids is 2. The van der Waals surface area contributed by atoms with E-state index >= 15 is 0 Å². The maximum absolute atomic E-state index is 12.0. The number of ether oxygens (including phenoxy) is 1. The van der Waals surface area contributed by atoms with Crippen LogP contribution in [0.3, 0.4) is 0 Å². The summed E-state index contributed by atoms with van der Waals surface area (Å²) in [6.45, 7) is 0. The molecule has 0 bridgehead atoms. The van der Waals surface area contributed by atoms with Gasteiger partial charge in [-0.15, -0.1) is 11.8 Å². The van der Waals surface area contributed by atoms with Crippen molar-refractivity contribution in [3.63, 3.8) is 0 Å². The molecule has 0 saturated heterocycles. The van der Waals surface area contributed by atoms with Crippen molar-refractivity contribution in [3.8, 4) is 0 Å². The summed E-state index contributed by atoms with van der Waals surface area (Å²) in [6.07, 6.45) is 4.37. The number of esters is 1. The Hall–Kier alpha value is -1.49. The Morgan fingerprint density at radius 2 is 2.05 bits per heavy atom. The van der Waals surface area contributed by atoms with E-state index in [9.17, 15) is 9.59 Å². The average Bonchev–Trinajstić information content (AvgIpc) is 2.92. The molecule has 0 spiro atoms. The number of benzene rings is 1. The molecule has 20 heavy (non-hydrogen) atoms. The Kier molecular flexibility index (Phi) is 3.96. The van der Waals surface area contributed by atoms with Crippen LogP contribution in [-0.4, -0.2) is 23.2 Å². The lowest BCUT2D eigenvalue weighted by atomic mass is 10.2. The molecule has 1 amide bonds. The van der Waals surface area contributed by atoms with Gasteiger partial charge in [0.05, 0.1) is 17.4 Å². The third-order valence-corrected chi connectivity index (χ3v) is 4.93. The number of amides is 1. The highest BCUT2D eigenvalue weighted by molar-refractivity contribution is 8.01. The van der Waals surface area contributed by atoms with E-state index < -0.39 is 0 Å². The van der Waals surface area contributed by atoms with E-state index in [1.807, 2.05) is 24.3 Å². The van der Waals surface area contributed by atoms with Gasteiger partial charge in [-0.2, -0.15) is 0 Å². The smallest absolute Gasteiger partial charge is 0.307 e. The number of hydrogen-bond acceptors (Lipinski definition) is 4. The van der Waals surface area contributed by atoms with E-state index in [-0.39, 0.29) is 29.7 Å². The van der Waals surface area contributed by atoms with Gasteiger partial charge in [-0.25, -0.2) is 0 Å². The van der Waals surface area contributed by atoms with Gasteiger partial charge in [-0.3, -0.25) is 9.59 Å². The summed E-state index contributed by atoms with van der Waals surface area (Å²) in [5.74, 6) is -0.374. The first-order valence-electron chi connectivity index (χ1n) is 6.98. The molecule has 3 rings (SSSR count). The van der Waals surface area contributed by atoms with Crippen LogP contribution < -0.4 is 5.32 Å². The zero-order valence-corrected chi connectivity index (χ0v) is 11.9. The van der Waals surface area contributed by atoms with Crippen LogP contribution in [0, 0.1) is 0 Å². The second kappa shape index (κ2) is 5.87. The van der Waals surface area contributed by atoms with Gasteiger partial charge in [0.15, 0.2) is 0 Å². The van der Waals surface area contributed by atoms with Crippen molar-refractivity contribution in [1.29, 1.82) is 0 Å². The van der Waals surface area contributed by atoms with Gasteiger partial charge in [-0.1, -0.05) is 12.1 Å². The molecule has 106 valence electrons. The molecule has 1 unspecified atom stereocenters. The molecule has 1 heterocycles. The molecule has 4 nitrogen and oxygen atoms in total. The first-order valence-corrected chi connectivity index (χ1v) is 7.86. The van der Waals surface area contributed by atoms with Gasteiger partial charge in [0.2, 0.25) is 5.91 Å². The fourth-order valence-corrected chi connectivity index (χ4v) is 3.71. The third kappa shape index (κ3) is 2.98. The largest absolute Gasteiger partial charge is 0.462 e. The lowest BCUT2D eigenvalue weighted by Gasteiger charge is -2.23. The molecule has 2 aliphatic rings. The van der Waals surface area contributed by atoms with Crippen LogP contribution in [-0.2, 0) is 14.3 Å². The Bertz CT molecular complexity index is 526. The maximum atomic E-state index is 12.0. The van der Waals surface area contributed by atoms with Crippen LogP contribution in [0.4, 0.5) is 5.69 Å². The monoisotopic (exact) mass is 291 g/mol. The highest BCUT2D eigenvalue weighted by Crippen LogP contribution is 2.36. The highest BCUT2D eigenvalue weighted by Gasteiger charge is 2.30. The van der Waals surface area contributed by atoms with Crippen LogP contribution in [0.2, 0.25) is 0 Å². The fourth-order valence-electron chi connectivity index (χ4n) is 2.62. The second-order valence-electron chi connectivity index (χ2n) is 5.19. The lowest BCUT2D eigenvalue weighted by Crippen LogP contribution is -2.32. The van der Waals surface area contributed by atoms with E-state index in [0.29, 0.717) is 0 Å². The summed E-state index contributed by atoms with van der Waals surface area (Å²) in [7, 11) is 0. The molecule has 1 saturated carbocycles. The van der Waals surface area contributed by atoms with Crippen molar-refractivity contribution in [3.05, 3.63) is 24.3 Å². The Balaban J connectivity index is 1.60. The minimum absolute atomic E-state index is 0.0615. The third-order valence-electron chi connectivity index (χ3n) is 3.66. The zero-order chi connectivity index (χ0) is 13.9. The number of rotatable bonds is 3. The minimum atomic E-state index is -0.390. The topological polar surface area (TPSA) is 55.4 Å². The van der Waals surface area contributed by atoms with E-state index in [2.05, 4.69) is 5.32 Å². The molecule has 1 N–H and O–H groups in total. The van der Waals surface area contributed by atoms with Crippen molar-refractivity contribution in [2.75, 3.05) is 5.32 Å². The Morgan fingerprint density at radius 3 is 2.85 bits per heavy atom. The Labute approximate surface area is 122 Å². The van der Waals surface area contributed by atoms with Crippen LogP contribution >= 0.6 is 11.8 Å². The van der Waals surface area contributed by atoms with Crippen molar-refractivity contribution in [2.24, 2.45) is 0 Å². The van der Waals surface area contributed by atoms with Gasteiger partial charge in [0.1, 0.15) is 6.10 Å². The van der Waals surface area contributed by atoms with E-state index in [0.717, 1.165) is 36.3 Å². The van der Waals surface area contributed by atoms with Crippen molar-refractivity contribution in [1.82, 2.24) is 0 Å². The standard InChI is InChI=1S/C15H17NO3S/c17-14(19-10-5-1-2-6-10)9-13-15(18)16-11-7-3-4-8-12(11)20-13/h3-4,7-8,10,13H,1-2,5-6,9H2,(H,16,18). The quantitative estimate of drug-likeness (QED) is 0.870. The average molecular weight is 291 g/mol. The number of para-hydroxylation sites is 1. The SMILES string of the molecule is O=C(CC1Sc2ccccc2NC1=O)OC1CCCC1. The van der Waals surface area contributed by atoms with Crippen LogP contribution in [0.1, 0.15) is 32.1 Å². The predicted molar refractivity (Wildman–Crippen MR) is 77.7 cm³/mol. The number of thioether (sulfide) groups is 1. The summed E-state index contributed by atoms with van der Waals surface area (Å²) in [6, 6.07) is 7.63. The molecule has 1 atom stereocenters. The zero-order valence-electron chi connectivity index (χ0n) is 11.1. The fraction of sp³-hybridized carbons (Fsp3) is 0.467. The number of nitrogens with one attached hydrogen (secondary N) is 1. The first kappa shape index (κ1) is 13.5. The molecular formula is C15H17NO3S. The van der Waals surface area contributed by atoms with Crippen LogP contribution in [0.15, 0.2) is 29.2 Å². The first-order chi connectivity index (χ1) is 9.72. The summed E-state index contributed by atoms with van der Waals surface area (Å²) in [5.41, 5.74) is 0.822. The molecule has 1 aliphatic carbocycles. The molecule has 5 heteroatoms. The van der Waals surface area contributed by atoms with E-state index in [4.69, 9.17) is 4.74 Å². The number of fused-ring (bicyclic) bond motifs is 1.